The number of aromatic amines is 1. The Bertz CT molecular complexity index is 914. The largest absolute Gasteiger partial charge is 0.346 e. The van der Waals surface area contributed by atoms with Crippen LogP contribution in [0.5, 0.6) is 0 Å². The minimum atomic E-state index is -0.246. The van der Waals surface area contributed by atoms with E-state index in [-0.39, 0.29) is 11.4 Å². The first-order chi connectivity index (χ1) is 10.7. The Morgan fingerprint density at radius 1 is 1.27 bits per heavy atom. The number of fused-ring (bicyclic) bond motifs is 1. The molecule has 0 saturated heterocycles. The molecule has 2 aromatic heterocycles. The third-order valence-electron chi connectivity index (χ3n) is 3.47. The molecule has 0 atom stereocenters. The monoisotopic (exact) mass is 287 g/mol. The third-order valence-corrected chi connectivity index (χ3v) is 3.47. The van der Waals surface area contributed by atoms with E-state index in [1.165, 1.54) is 6.92 Å². The van der Waals surface area contributed by atoms with E-state index >= 15 is 0 Å². The summed E-state index contributed by atoms with van der Waals surface area (Å²) in [4.78, 5) is 18.9. The molecule has 4 nitrogen and oxygen atoms in total. The molecule has 0 saturated carbocycles. The summed E-state index contributed by atoms with van der Waals surface area (Å²) >= 11 is 0. The molecule has 22 heavy (non-hydrogen) atoms. The third kappa shape index (κ3) is 2.52. The molecule has 3 aromatic rings. The van der Waals surface area contributed by atoms with Crippen LogP contribution in [0.15, 0.2) is 54.4 Å². The number of aromatic nitrogens is 2. The first-order valence-electron chi connectivity index (χ1n) is 6.84. The zero-order valence-electron chi connectivity index (χ0n) is 12.0. The normalized spacial score (nSPS) is 11.4. The van der Waals surface area contributed by atoms with Crippen molar-refractivity contribution in [2.24, 2.45) is 0 Å². The Morgan fingerprint density at radius 2 is 2.05 bits per heavy atom. The number of hydrogen-bond acceptors (Lipinski definition) is 3. The SMILES string of the molecule is CC(=O)C(C#N)=Cc1c[nH]c2ncc(-c3ccccc3)cc12. The highest BCUT2D eigenvalue weighted by Crippen LogP contribution is 2.25. The van der Waals surface area contributed by atoms with Crippen LogP contribution in [0.4, 0.5) is 0 Å². The molecule has 1 N–H and O–H groups in total. The van der Waals surface area contributed by atoms with Gasteiger partial charge < -0.3 is 4.98 Å². The summed E-state index contributed by atoms with van der Waals surface area (Å²) in [6.07, 6.45) is 5.15. The van der Waals surface area contributed by atoms with Crippen molar-refractivity contribution in [3.63, 3.8) is 0 Å². The molecule has 0 aliphatic carbocycles. The number of pyridine rings is 1. The van der Waals surface area contributed by atoms with Crippen molar-refractivity contribution in [2.75, 3.05) is 0 Å². The average Bonchev–Trinajstić information content (AvgIpc) is 2.95. The second-order valence-electron chi connectivity index (χ2n) is 4.96. The van der Waals surface area contributed by atoms with Gasteiger partial charge in [-0.15, -0.1) is 0 Å². The number of nitriles is 1. The standard InChI is InChI=1S/C18H13N3O/c1-12(22)14(9-19)7-16-11-21-18-17(16)8-15(10-20-18)13-5-3-2-4-6-13/h2-8,10-11H,1H3,(H,20,21). The number of rotatable bonds is 3. The maximum atomic E-state index is 11.4. The van der Waals surface area contributed by atoms with Crippen molar-refractivity contribution in [2.45, 2.75) is 6.92 Å². The first-order valence-corrected chi connectivity index (χ1v) is 6.84. The lowest BCUT2D eigenvalue weighted by molar-refractivity contribution is -0.113. The summed E-state index contributed by atoms with van der Waals surface area (Å²) in [5.41, 5.74) is 3.70. The molecule has 0 amide bonds. The van der Waals surface area contributed by atoms with Gasteiger partial charge in [0, 0.05) is 28.9 Å². The van der Waals surface area contributed by atoms with Crippen molar-refractivity contribution in [1.29, 1.82) is 5.26 Å². The molecule has 0 spiro atoms. The molecule has 1 aromatic carbocycles. The number of hydrogen-bond donors (Lipinski definition) is 1. The number of Topliss-reactive ketones (excluding diaryl/α,β-unsaturated/α-hetero) is 1. The second-order valence-corrected chi connectivity index (χ2v) is 4.96. The van der Waals surface area contributed by atoms with E-state index in [9.17, 15) is 4.79 Å². The summed E-state index contributed by atoms with van der Waals surface area (Å²) < 4.78 is 0. The summed E-state index contributed by atoms with van der Waals surface area (Å²) in [6.45, 7) is 1.39. The van der Waals surface area contributed by atoms with Crippen molar-refractivity contribution in [3.8, 4) is 17.2 Å². The maximum Gasteiger partial charge on any atom is 0.170 e. The smallest absolute Gasteiger partial charge is 0.170 e. The van der Waals surface area contributed by atoms with Gasteiger partial charge in [-0.1, -0.05) is 30.3 Å². The van der Waals surface area contributed by atoms with Crippen LogP contribution in [0, 0.1) is 11.3 Å². The molecule has 0 radical (unpaired) electrons. The van der Waals surface area contributed by atoms with Crippen molar-refractivity contribution < 1.29 is 4.79 Å². The summed E-state index contributed by atoms with van der Waals surface area (Å²) in [6, 6.07) is 13.9. The van der Waals surface area contributed by atoms with E-state index in [1.54, 1.807) is 18.5 Å². The van der Waals surface area contributed by atoms with Gasteiger partial charge in [0.1, 0.15) is 11.7 Å². The number of carbonyl (C=O) groups is 1. The molecule has 0 unspecified atom stereocenters. The van der Waals surface area contributed by atoms with Gasteiger partial charge in [0.2, 0.25) is 0 Å². The van der Waals surface area contributed by atoms with Gasteiger partial charge in [-0.05, 0) is 24.6 Å². The lowest BCUT2D eigenvalue weighted by atomic mass is 10.0. The Balaban J connectivity index is 2.14. The number of nitrogens with zero attached hydrogens (tertiary/aromatic N) is 2. The van der Waals surface area contributed by atoms with Crippen LogP contribution in [0.2, 0.25) is 0 Å². The fraction of sp³-hybridized carbons (Fsp3) is 0.0556. The molecule has 106 valence electrons. The first kappa shape index (κ1) is 13.8. The van der Waals surface area contributed by atoms with E-state index in [0.717, 1.165) is 27.7 Å². The molecule has 4 heteroatoms. The van der Waals surface area contributed by atoms with Crippen LogP contribution in [0.1, 0.15) is 12.5 Å². The highest BCUT2D eigenvalue weighted by atomic mass is 16.1. The van der Waals surface area contributed by atoms with Gasteiger partial charge in [-0.2, -0.15) is 5.26 Å². The van der Waals surface area contributed by atoms with E-state index in [2.05, 4.69) is 9.97 Å². The van der Waals surface area contributed by atoms with Gasteiger partial charge in [0.05, 0.1) is 5.57 Å². The van der Waals surface area contributed by atoms with E-state index in [1.807, 2.05) is 42.5 Å². The maximum absolute atomic E-state index is 11.4. The van der Waals surface area contributed by atoms with Crippen LogP contribution >= 0.6 is 0 Å². The molecule has 0 bridgehead atoms. The molecule has 3 rings (SSSR count). The lowest BCUT2D eigenvalue weighted by Gasteiger charge is -2.01. The van der Waals surface area contributed by atoms with Crippen LogP contribution in [0.3, 0.4) is 0 Å². The second kappa shape index (κ2) is 5.66. The number of benzene rings is 1. The predicted octanol–water partition coefficient (Wildman–Crippen LogP) is 3.73. The predicted molar refractivity (Wildman–Crippen MR) is 85.8 cm³/mol. The molecular formula is C18H13N3O. The number of H-pyrrole nitrogens is 1. The van der Waals surface area contributed by atoms with Gasteiger partial charge in [-0.25, -0.2) is 4.98 Å². The van der Waals surface area contributed by atoms with Crippen LogP contribution in [-0.2, 0) is 4.79 Å². The lowest BCUT2D eigenvalue weighted by Crippen LogP contribution is -1.92. The molecule has 0 aliphatic heterocycles. The Labute approximate surface area is 127 Å². The average molecular weight is 287 g/mol. The fourth-order valence-corrected chi connectivity index (χ4v) is 2.30. The highest BCUT2D eigenvalue weighted by molar-refractivity contribution is 6.03. The summed E-state index contributed by atoms with van der Waals surface area (Å²) in [7, 11) is 0. The highest BCUT2D eigenvalue weighted by Gasteiger charge is 2.08. The number of nitrogens with one attached hydrogen (secondary N) is 1. The van der Waals surface area contributed by atoms with Crippen LogP contribution < -0.4 is 0 Å². The number of ketones is 1. The molecule has 0 fully saturated rings. The van der Waals surface area contributed by atoms with E-state index in [4.69, 9.17) is 5.26 Å². The topological polar surface area (TPSA) is 69.5 Å². The quantitative estimate of drug-likeness (QED) is 0.589. The van der Waals surface area contributed by atoms with Crippen molar-refractivity contribution in [3.05, 3.63) is 59.9 Å². The van der Waals surface area contributed by atoms with Gasteiger partial charge >= 0.3 is 0 Å². The fourth-order valence-electron chi connectivity index (χ4n) is 2.30. The van der Waals surface area contributed by atoms with E-state index in [0.29, 0.717) is 0 Å². The van der Waals surface area contributed by atoms with Crippen molar-refractivity contribution in [1.82, 2.24) is 9.97 Å². The van der Waals surface area contributed by atoms with Crippen LogP contribution in [0.25, 0.3) is 28.2 Å². The zero-order chi connectivity index (χ0) is 15.5. The Morgan fingerprint density at radius 3 is 2.73 bits per heavy atom. The van der Waals surface area contributed by atoms with Crippen molar-refractivity contribution >= 4 is 22.9 Å². The number of allylic oxidation sites excluding steroid dienone is 1. The molecule has 0 aliphatic rings. The molecule has 2 heterocycles. The van der Waals surface area contributed by atoms with Gasteiger partial charge in [0.25, 0.3) is 0 Å². The van der Waals surface area contributed by atoms with E-state index < -0.39 is 0 Å². The van der Waals surface area contributed by atoms with Gasteiger partial charge in [0.15, 0.2) is 5.78 Å². The Kier molecular flexibility index (Phi) is 3.55. The zero-order valence-corrected chi connectivity index (χ0v) is 12.0. The van der Waals surface area contributed by atoms with Crippen LogP contribution in [-0.4, -0.2) is 15.8 Å². The minimum Gasteiger partial charge on any atom is -0.346 e. The van der Waals surface area contributed by atoms with Gasteiger partial charge in [-0.3, -0.25) is 4.79 Å². The number of carbonyl (C=O) groups excluding carboxylic acids is 1. The molecular weight excluding hydrogens is 274 g/mol. The minimum absolute atomic E-state index is 0.131. The summed E-state index contributed by atoms with van der Waals surface area (Å²) in [5.74, 6) is -0.246. The summed E-state index contributed by atoms with van der Waals surface area (Å²) in [5, 5.41) is 9.92. The Hall–Kier alpha value is -3.19.